The molecule has 0 amide bonds. The van der Waals surface area contributed by atoms with Crippen LogP contribution in [0.3, 0.4) is 0 Å². The van der Waals surface area contributed by atoms with Gasteiger partial charge in [0.2, 0.25) is 0 Å². The minimum atomic E-state index is -0.777. The molecule has 1 saturated carbocycles. The van der Waals surface area contributed by atoms with Crippen molar-refractivity contribution in [3.05, 3.63) is 46.3 Å². The van der Waals surface area contributed by atoms with Crippen LogP contribution in [0.1, 0.15) is 66.2 Å². The molecule has 1 aromatic heterocycles. The van der Waals surface area contributed by atoms with Gasteiger partial charge in [-0.3, -0.25) is 9.58 Å². The van der Waals surface area contributed by atoms with E-state index in [1.54, 1.807) is 7.11 Å². The Morgan fingerprint density at radius 2 is 2.00 bits per heavy atom. The number of hydrogen-bond acceptors (Lipinski definition) is 5. The molecule has 2 saturated heterocycles. The van der Waals surface area contributed by atoms with Gasteiger partial charge >= 0.3 is 0 Å². The summed E-state index contributed by atoms with van der Waals surface area (Å²) < 4.78 is 13.7. The molecule has 6 nitrogen and oxygen atoms in total. The first-order chi connectivity index (χ1) is 16.5. The van der Waals surface area contributed by atoms with Crippen LogP contribution in [0.5, 0.6) is 5.75 Å². The zero-order chi connectivity index (χ0) is 23.1. The van der Waals surface area contributed by atoms with E-state index in [1.807, 2.05) is 0 Å². The second-order valence-corrected chi connectivity index (χ2v) is 11.6. The second-order valence-electron chi connectivity index (χ2n) is 11.6. The van der Waals surface area contributed by atoms with Crippen LogP contribution < -0.4 is 4.74 Å². The number of rotatable bonds is 4. The van der Waals surface area contributed by atoms with Gasteiger partial charge in [0.05, 0.1) is 24.4 Å². The predicted octanol–water partition coefficient (Wildman–Crippen LogP) is 3.36. The van der Waals surface area contributed by atoms with Crippen molar-refractivity contribution in [1.82, 2.24) is 14.7 Å². The SMILES string of the molecule is COc1ccc2c(c1)[C@]13CCN(CC4CC4)[C@H](C2)[C@]1(O)Cc1c(C)nn(C2CCOCC2)c1C3. The van der Waals surface area contributed by atoms with E-state index in [9.17, 15) is 5.11 Å². The first-order valence-electron chi connectivity index (χ1n) is 13.3. The lowest BCUT2D eigenvalue weighted by Crippen LogP contribution is -2.74. The van der Waals surface area contributed by atoms with Gasteiger partial charge in [-0.15, -0.1) is 0 Å². The molecule has 3 heterocycles. The number of methoxy groups -OCH3 is 1. The Balaban J connectivity index is 1.39. The quantitative estimate of drug-likeness (QED) is 0.754. The molecule has 6 heteroatoms. The largest absolute Gasteiger partial charge is 0.497 e. The van der Waals surface area contributed by atoms with Crippen molar-refractivity contribution >= 4 is 0 Å². The first-order valence-corrected chi connectivity index (χ1v) is 13.3. The van der Waals surface area contributed by atoms with Crippen molar-refractivity contribution < 1.29 is 14.6 Å². The summed E-state index contributed by atoms with van der Waals surface area (Å²) in [4.78, 5) is 2.65. The number of fused-ring (bicyclic) bond motifs is 2. The Morgan fingerprint density at radius 1 is 1.18 bits per heavy atom. The zero-order valence-corrected chi connectivity index (χ0v) is 20.6. The third-order valence-corrected chi connectivity index (χ3v) is 9.85. The van der Waals surface area contributed by atoms with Crippen molar-refractivity contribution in [2.24, 2.45) is 5.92 Å². The molecule has 0 spiro atoms. The van der Waals surface area contributed by atoms with Gasteiger partial charge in [0.25, 0.3) is 0 Å². The van der Waals surface area contributed by atoms with E-state index >= 15 is 0 Å². The van der Waals surface area contributed by atoms with Crippen LogP contribution in [0.15, 0.2) is 18.2 Å². The van der Waals surface area contributed by atoms with Crippen LogP contribution in [-0.4, -0.2) is 64.8 Å². The molecular weight excluding hydrogens is 426 g/mol. The average molecular weight is 464 g/mol. The molecule has 1 aromatic carbocycles. The van der Waals surface area contributed by atoms with Crippen LogP contribution in [-0.2, 0) is 29.4 Å². The highest BCUT2D eigenvalue weighted by Crippen LogP contribution is 2.58. The second kappa shape index (κ2) is 7.55. The highest BCUT2D eigenvalue weighted by molar-refractivity contribution is 5.52. The number of hydrogen-bond donors (Lipinski definition) is 1. The lowest BCUT2D eigenvalue weighted by atomic mass is 9.49. The van der Waals surface area contributed by atoms with Crippen molar-refractivity contribution in [3.8, 4) is 5.75 Å². The van der Waals surface area contributed by atoms with Gasteiger partial charge in [-0.2, -0.15) is 5.10 Å². The lowest BCUT2D eigenvalue weighted by Gasteiger charge is -2.63. The number of aromatic nitrogens is 2. The molecule has 2 bridgehead atoms. The summed E-state index contributed by atoms with van der Waals surface area (Å²) >= 11 is 0. The number of likely N-dealkylation sites (tertiary alicyclic amines) is 1. The average Bonchev–Trinajstić information content (AvgIpc) is 3.62. The fourth-order valence-electron chi connectivity index (χ4n) is 7.82. The maximum absolute atomic E-state index is 12.8. The molecular formula is C28H37N3O3. The van der Waals surface area contributed by atoms with Gasteiger partial charge in [0, 0.05) is 49.8 Å². The normalized spacial score (nSPS) is 33.2. The molecule has 1 N–H and O–H groups in total. The van der Waals surface area contributed by atoms with E-state index in [0.29, 0.717) is 12.5 Å². The smallest absolute Gasteiger partial charge is 0.119 e. The standard InChI is InChI=1S/C28H37N3O3/c1-18-23-15-28(32)26-13-20-5-6-22(33-2)14-24(20)27(28,9-10-30(26)17-19-3-4-19)16-25(23)31(29-18)21-7-11-34-12-8-21/h5-6,14,19,21,26,32H,3-4,7-13,15-17H2,1-2H3/t26-,27-,28-/m1/s1. The highest BCUT2D eigenvalue weighted by atomic mass is 16.5. The molecule has 3 atom stereocenters. The van der Waals surface area contributed by atoms with E-state index in [4.69, 9.17) is 14.6 Å². The fraction of sp³-hybridized carbons (Fsp3) is 0.679. The summed E-state index contributed by atoms with van der Waals surface area (Å²) in [6.45, 7) is 5.98. The lowest BCUT2D eigenvalue weighted by molar-refractivity contribution is -0.152. The number of nitrogens with zero attached hydrogens (tertiary/aromatic N) is 3. The molecule has 34 heavy (non-hydrogen) atoms. The topological polar surface area (TPSA) is 59.8 Å². The van der Waals surface area contributed by atoms with E-state index < -0.39 is 5.60 Å². The van der Waals surface area contributed by atoms with Crippen LogP contribution in [0.4, 0.5) is 0 Å². The van der Waals surface area contributed by atoms with Gasteiger partial charge in [-0.05, 0) is 86.7 Å². The molecule has 7 rings (SSSR count). The fourth-order valence-corrected chi connectivity index (χ4v) is 7.82. The third kappa shape index (κ3) is 2.94. The van der Waals surface area contributed by atoms with Crippen molar-refractivity contribution in [2.75, 3.05) is 33.4 Å². The summed E-state index contributed by atoms with van der Waals surface area (Å²) in [6, 6.07) is 7.17. The van der Waals surface area contributed by atoms with Gasteiger partial charge in [-0.25, -0.2) is 0 Å². The Bertz CT molecular complexity index is 1120. The Kier molecular flexibility index (Phi) is 4.75. The first kappa shape index (κ1) is 21.4. The van der Waals surface area contributed by atoms with Gasteiger partial charge in [0.15, 0.2) is 0 Å². The van der Waals surface area contributed by atoms with Gasteiger partial charge < -0.3 is 14.6 Å². The summed E-state index contributed by atoms with van der Waals surface area (Å²) in [6.07, 6.45) is 8.23. The molecule has 3 fully saturated rings. The van der Waals surface area contributed by atoms with Gasteiger partial charge in [0.1, 0.15) is 5.75 Å². The molecule has 5 aliphatic rings. The molecule has 182 valence electrons. The minimum Gasteiger partial charge on any atom is -0.497 e. The van der Waals surface area contributed by atoms with Crippen molar-refractivity contribution in [3.63, 3.8) is 0 Å². The van der Waals surface area contributed by atoms with Crippen molar-refractivity contribution in [1.29, 1.82) is 0 Å². The molecule has 0 unspecified atom stereocenters. The number of ether oxygens (including phenoxy) is 2. The van der Waals surface area contributed by atoms with Crippen LogP contribution in [0.25, 0.3) is 0 Å². The van der Waals surface area contributed by atoms with Crippen molar-refractivity contribution in [2.45, 2.75) is 81.4 Å². The zero-order valence-electron chi connectivity index (χ0n) is 20.6. The van der Waals surface area contributed by atoms with E-state index in [2.05, 4.69) is 34.7 Å². The third-order valence-electron chi connectivity index (χ3n) is 9.85. The maximum atomic E-state index is 12.8. The number of aliphatic hydroxyl groups is 1. The van der Waals surface area contributed by atoms with E-state index in [-0.39, 0.29) is 11.5 Å². The summed E-state index contributed by atoms with van der Waals surface area (Å²) in [7, 11) is 1.75. The molecule has 3 aliphatic carbocycles. The maximum Gasteiger partial charge on any atom is 0.119 e. The van der Waals surface area contributed by atoms with Crippen LogP contribution >= 0.6 is 0 Å². The minimum absolute atomic E-state index is 0.168. The number of benzene rings is 1. The Morgan fingerprint density at radius 3 is 2.76 bits per heavy atom. The van der Waals surface area contributed by atoms with E-state index in [0.717, 1.165) is 75.8 Å². The monoisotopic (exact) mass is 463 g/mol. The Hall–Kier alpha value is -1.89. The van der Waals surface area contributed by atoms with Crippen LogP contribution in [0.2, 0.25) is 0 Å². The number of aryl methyl sites for hydroxylation is 1. The van der Waals surface area contributed by atoms with E-state index in [1.165, 1.54) is 35.2 Å². The molecule has 0 radical (unpaired) electrons. The summed E-state index contributed by atoms with van der Waals surface area (Å²) in [5, 5.41) is 17.9. The Labute approximate surface area is 202 Å². The summed E-state index contributed by atoms with van der Waals surface area (Å²) in [5.74, 6) is 1.72. The molecule has 2 aliphatic heterocycles. The molecule has 2 aromatic rings. The predicted molar refractivity (Wildman–Crippen MR) is 129 cm³/mol. The summed E-state index contributed by atoms with van der Waals surface area (Å²) in [5.41, 5.74) is 5.41. The van der Waals surface area contributed by atoms with Gasteiger partial charge in [-0.1, -0.05) is 6.07 Å². The van der Waals surface area contributed by atoms with Crippen LogP contribution in [0, 0.1) is 12.8 Å². The highest BCUT2D eigenvalue weighted by Gasteiger charge is 2.65. The number of piperidine rings is 1.